The number of pyridine rings is 1. The first-order valence-corrected chi connectivity index (χ1v) is 9.07. The number of carbonyl (C=O) groups excluding carboxylic acids is 3. The van der Waals surface area contributed by atoms with E-state index in [4.69, 9.17) is 14.2 Å². The number of anilines is 1. The third-order valence-electron chi connectivity index (χ3n) is 4.45. The molecule has 156 valence electrons. The van der Waals surface area contributed by atoms with Crippen LogP contribution in [0.25, 0.3) is 0 Å². The van der Waals surface area contributed by atoms with E-state index in [0.717, 1.165) is 5.56 Å². The molecule has 2 aromatic rings. The van der Waals surface area contributed by atoms with Crippen LogP contribution >= 0.6 is 0 Å². The van der Waals surface area contributed by atoms with Crippen molar-refractivity contribution in [2.45, 2.75) is 6.54 Å². The number of ether oxygens (including phenoxy) is 3. The van der Waals surface area contributed by atoms with Gasteiger partial charge in [0.15, 0.2) is 0 Å². The Bertz CT molecular complexity index is 956. The number of aromatic nitrogens is 1. The summed E-state index contributed by atoms with van der Waals surface area (Å²) in [4.78, 5) is 42.3. The second-order valence-corrected chi connectivity index (χ2v) is 6.31. The number of amides is 1. The molecule has 0 aliphatic carbocycles. The van der Waals surface area contributed by atoms with Gasteiger partial charge in [0.05, 0.1) is 26.4 Å². The first-order valence-electron chi connectivity index (χ1n) is 9.07. The summed E-state index contributed by atoms with van der Waals surface area (Å²) < 4.78 is 15.0. The molecule has 30 heavy (non-hydrogen) atoms. The Morgan fingerprint density at radius 2 is 1.83 bits per heavy atom. The van der Waals surface area contributed by atoms with Crippen LogP contribution in [-0.4, -0.2) is 50.4 Å². The molecule has 0 saturated carbocycles. The molecule has 1 aromatic heterocycles. The van der Waals surface area contributed by atoms with E-state index in [-0.39, 0.29) is 30.5 Å². The molecule has 1 N–H and O–H groups in total. The SMILES string of the molecule is COC(=O)C1=C(C(=O)OC)N(c2ccc(C(=O)NCc3cccnc3)cc2)COC1. The lowest BCUT2D eigenvalue weighted by Gasteiger charge is -2.31. The fraction of sp³-hybridized carbons (Fsp3) is 0.238. The van der Waals surface area contributed by atoms with Gasteiger partial charge in [0, 0.05) is 30.2 Å². The molecular weight excluding hydrogens is 390 g/mol. The number of esters is 2. The zero-order valence-electron chi connectivity index (χ0n) is 16.6. The van der Waals surface area contributed by atoms with Crippen LogP contribution in [0.5, 0.6) is 0 Å². The van der Waals surface area contributed by atoms with Crippen molar-refractivity contribution in [2.24, 2.45) is 0 Å². The maximum Gasteiger partial charge on any atom is 0.355 e. The standard InChI is InChI=1S/C21H21N3O6/c1-28-20(26)17-12-30-13-24(18(17)21(27)29-2)16-7-5-15(6-8-16)19(25)23-11-14-4-3-9-22-10-14/h3-10H,11-13H2,1-2H3,(H,23,25). The monoisotopic (exact) mass is 411 g/mol. The second kappa shape index (κ2) is 9.66. The number of nitrogens with one attached hydrogen (secondary N) is 1. The van der Waals surface area contributed by atoms with Crippen molar-refractivity contribution in [3.8, 4) is 0 Å². The minimum absolute atomic E-state index is 0.0392. The Labute approximate surface area is 173 Å². The molecule has 3 rings (SSSR count). The normalized spacial score (nSPS) is 13.6. The van der Waals surface area contributed by atoms with Crippen molar-refractivity contribution in [3.63, 3.8) is 0 Å². The fourth-order valence-electron chi connectivity index (χ4n) is 2.93. The molecule has 0 fully saturated rings. The quantitative estimate of drug-likeness (QED) is 0.711. The van der Waals surface area contributed by atoms with Gasteiger partial charge in [-0.3, -0.25) is 9.78 Å². The number of hydrogen-bond donors (Lipinski definition) is 1. The predicted molar refractivity (Wildman–Crippen MR) is 106 cm³/mol. The molecule has 0 saturated heterocycles. The number of nitrogens with zero attached hydrogens (tertiary/aromatic N) is 2. The highest BCUT2D eigenvalue weighted by atomic mass is 16.5. The highest BCUT2D eigenvalue weighted by Gasteiger charge is 2.32. The van der Waals surface area contributed by atoms with Gasteiger partial charge in [-0.15, -0.1) is 0 Å². The summed E-state index contributed by atoms with van der Waals surface area (Å²) in [5, 5.41) is 2.82. The van der Waals surface area contributed by atoms with Gasteiger partial charge >= 0.3 is 11.9 Å². The van der Waals surface area contributed by atoms with Crippen LogP contribution in [0.2, 0.25) is 0 Å². The van der Waals surface area contributed by atoms with Crippen LogP contribution in [0.1, 0.15) is 15.9 Å². The first kappa shape index (κ1) is 21.0. The van der Waals surface area contributed by atoms with E-state index >= 15 is 0 Å². The van der Waals surface area contributed by atoms with E-state index in [1.165, 1.54) is 19.1 Å². The predicted octanol–water partition coefficient (Wildman–Crippen LogP) is 1.41. The highest BCUT2D eigenvalue weighted by molar-refractivity contribution is 6.03. The van der Waals surface area contributed by atoms with Crippen LogP contribution in [0, 0.1) is 0 Å². The van der Waals surface area contributed by atoms with Crippen molar-refractivity contribution in [1.29, 1.82) is 0 Å². The van der Waals surface area contributed by atoms with Gasteiger partial charge in [0.25, 0.3) is 5.91 Å². The maximum atomic E-state index is 12.4. The van der Waals surface area contributed by atoms with E-state index < -0.39 is 11.9 Å². The third-order valence-corrected chi connectivity index (χ3v) is 4.45. The molecule has 1 aliphatic rings. The third kappa shape index (κ3) is 4.64. The molecule has 0 spiro atoms. The number of benzene rings is 1. The van der Waals surface area contributed by atoms with Gasteiger partial charge in [-0.1, -0.05) is 6.07 Å². The van der Waals surface area contributed by atoms with E-state index in [2.05, 4.69) is 10.3 Å². The lowest BCUT2D eigenvalue weighted by atomic mass is 10.1. The average molecular weight is 411 g/mol. The fourth-order valence-corrected chi connectivity index (χ4v) is 2.93. The maximum absolute atomic E-state index is 12.4. The first-order chi connectivity index (χ1) is 14.5. The van der Waals surface area contributed by atoms with Crippen LogP contribution in [-0.2, 0) is 30.3 Å². The molecule has 1 aromatic carbocycles. The average Bonchev–Trinajstić information content (AvgIpc) is 2.81. The summed E-state index contributed by atoms with van der Waals surface area (Å²) in [5.41, 5.74) is 1.99. The van der Waals surface area contributed by atoms with Crippen LogP contribution < -0.4 is 10.2 Å². The molecular formula is C21H21N3O6. The van der Waals surface area contributed by atoms with Crippen LogP contribution in [0.4, 0.5) is 5.69 Å². The molecule has 1 aliphatic heterocycles. The van der Waals surface area contributed by atoms with Gasteiger partial charge in [-0.25, -0.2) is 9.59 Å². The molecule has 2 heterocycles. The van der Waals surface area contributed by atoms with E-state index in [1.54, 1.807) is 42.7 Å². The topological polar surface area (TPSA) is 107 Å². The van der Waals surface area contributed by atoms with Crippen molar-refractivity contribution in [3.05, 3.63) is 71.2 Å². The Hall–Kier alpha value is -3.72. The molecule has 9 heteroatoms. The summed E-state index contributed by atoms with van der Waals surface area (Å²) in [5.74, 6) is -1.61. The summed E-state index contributed by atoms with van der Waals surface area (Å²) in [6, 6.07) is 10.2. The molecule has 9 nitrogen and oxygen atoms in total. The Balaban J connectivity index is 1.79. The van der Waals surface area contributed by atoms with E-state index in [9.17, 15) is 14.4 Å². The summed E-state index contributed by atoms with van der Waals surface area (Å²) in [6.45, 7) is 0.325. The summed E-state index contributed by atoms with van der Waals surface area (Å²) in [7, 11) is 2.45. The van der Waals surface area contributed by atoms with Gasteiger partial charge < -0.3 is 24.4 Å². The smallest absolute Gasteiger partial charge is 0.355 e. The number of rotatable bonds is 6. The largest absolute Gasteiger partial charge is 0.466 e. The zero-order chi connectivity index (χ0) is 21.5. The molecule has 0 bridgehead atoms. The number of hydrogen-bond acceptors (Lipinski definition) is 8. The second-order valence-electron chi connectivity index (χ2n) is 6.31. The van der Waals surface area contributed by atoms with Crippen molar-refractivity contribution < 1.29 is 28.6 Å². The highest BCUT2D eigenvalue weighted by Crippen LogP contribution is 2.27. The number of carbonyl (C=O) groups is 3. The Morgan fingerprint density at radius 3 is 2.47 bits per heavy atom. The van der Waals surface area contributed by atoms with Gasteiger partial charge in [0.2, 0.25) is 0 Å². The Morgan fingerprint density at radius 1 is 1.10 bits per heavy atom. The number of methoxy groups -OCH3 is 2. The van der Waals surface area contributed by atoms with E-state index in [0.29, 0.717) is 17.8 Å². The van der Waals surface area contributed by atoms with Gasteiger partial charge in [0.1, 0.15) is 12.4 Å². The lowest BCUT2D eigenvalue weighted by molar-refractivity contribution is -0.140. The van der Waals surface area contributed by atoms with Crippen molar-refractivity contribution >= 4 is 23.5 Å². The van der Waals surface area contributed by atoms with Crippen molar-refractivity contribution in [2.75, 3.05) is 32.5 Å². The summed E-state index contributed by atoms with van der Waals surface area (Å²) >= 11 is 0. The molecule has 0 unspecified atom stereocenters. The molecule has 0 radical (unpaired) electrons. The van der Waals surface area contributed by atoms with Gasteiger partial charge in [-0.2, -0.15) is 0 Å². The van der Waals surface area contributed by atoms with Crippen LogP contribution in [0.3, 0.4) is 0 Å². The minimum atomic E-state index is -0.683. The molecule has 0 atom stereocenters. The van der Waals surface area contributed by atoms with E-state index in [1.807, 2.05) is 6.07 Å². The van der Waals surface area contributed by atoms with Crippen molar-refractivity contribution in [1.82, 2.24) is 10.3 Å². The summed E-state index contributed by atoms with van der Waals surface area (Å²) in [6.07, 6.45) is 3.34. The van der Waals surface area contributed by atoms with Crippen LogP contribution in [0.15, 0.2) is 60.1 Å². The molecule has 1 amide bonds. The minimum Gasteiger partial charge on any atom is -0.466 e. The Kier molecular flexibility index (Phi) is 6.76. The van der Waals surface area contributed by atoms with Gasteiger partial charge in [-0.05, 0) is 35.9 Å². The zero-order valence-corrected chi connectivity index (χ0v) is 16.6. The lowest BCUT2D eigenvalue weighted by Crippen LogP contribution is -2.38.